The highest BCUT2D eigenvalue weighted by atomic mass is 19.1. The molecule has 27 heavy (non-hydrogen) atoms. The predicted octanol–water partition coefficient (Wildman–Crippen LogP) is 4.81. The van der Waals surface area contributed by atoms with Gasteiger partial charge in [0.1, 0.15) is 5.82 Å². The molecule has 2 aromatic heterocycles. The molecule has 2 atom stereocenters. The van der Waals surface area contributed by atoms with E-state index in [1.807, 2.05) is 30.5 Å². The number of carboxylic acids is 1. The molecule has 3 rings (SSSR count). The highest BCUT2D eigenvalue weighted by molar-refractivity contribution is 5.79. The second kappa shape index (κ2) is 8.12. The van der Waals surface area contributed by atoms with Gasteiger partial charge in [0.15, 0.2) is 0 Å². The van der Waals surface area contributed by atoms with Gasteiger partial charge in [-0.2, -0.15) is 0 Å². The zero-order valence-electron chi connectivity index (χ0n) is 15.3. The molecule has 3 aromatic rings. The Kier molecular flexibility index (Phi) is 5.64. The molecule has 6 heteroatoms. The second-order valence-corrected chi connectivity index (χ2v) is 6.42. The number of rotatable bonds is 7. The van der Waals surface area contributed by atoms with Crippen LogP contribution in [0, 0.1) is 11.7 Å². The highest BCUT2D eigenvalue weighted by Gasteiger charge is 2.29. The van der Waals surface area contributed by atoms with Crippen molar-refractivity contribution in [3.05, 3.63) is 60.9 Å². The maximum Gasteiger partial charge on any atom is 0.308 e. The zero-order valence-corrected chi connectivity index (χ0v) is 15.3. The van der Waals surface area contributed by atoms with E-state index < -0.39 is 11.9 Å². The van der Waals surface area contributed by atoms with E-state index in [2.05, 4.69) is 9.97 Å². The minimum atomic E-state index is -0.818. The summed E-state index contributed by atoms with van der Waals surface area (Å²) in [5, 5.41) is 9.67. The number of hydrogen-bond acceptors (Lipinski definition) is 3. The van der Waals surface area contributed by atoms with E-state index in [4.69, 9.17) is 0 Å². The summed E-state index contributed by atoms with van der Waals surface area (Å²) in [4.78, 5) is 20.4. The van der Waals surface area contributed by atoms with Gasteiger partial charge in [-0.15, -0.1) is 0 Å². The van der Waals surface area contributed by atoms with Gasteiger partial charge in [0.05, 0.1) is 23.6 Å². The molecule has 0 saturated carbocycles. The van der Waals surface area contributed by atoms with E-state index in [0.717, 1.165) is 16.8 Å². The Balaban J connectivity index is 2.20. The molecule has 0 radical (unpaired) electrons. The van der Waals surface area contributed by atoms with Crippen LogP contribution in [0.15, 0.2) is 55.1 Å². The fraction of sp³-hybridized carbons (Fsp3) is 0.286. The Labute approximate surface area is 157 Å². The third-order valence-corrected chi connectivity index (χ3v) is 4.86. The van der Waals surface area contributed by atoms with Gasteiger partial charge in [0.25, 0.3) is 0 Å². The SMILES string of the molecule is CCC(C(=O)O)C(CC)n1cnc(-c2ccc(F)cc2)c1-c1ccncc1. The number of aromatic nitrogens is 3. The molecule has 1 aromatic carbocycles. The summed E-state index contributed by atoms with van der Waals surface area (Å²) in [5.74, 6) is -1.65. The van der Waals surface area contributed by atoms with Gasteiger partial charge in [-0.1, -0.05) is 13.8 Å². The molecule has 0 spiro atoms. The molecule has 2 unspecified atom stereocenters. The Morgan fingerprint density at radius 1 is 1.07 bits per heavy atom. The van der Waals surface area contributed by atoms with Crippen molar-refractivity contribution in [2.45, 2.75) is 32.7 Å². The van der Waals surface area contributed by atoms with Crippen molar-refractivity contribution in [1.82, 2.24) is 14.5 Å². The number of carboxylic acid groups (broad SMARTS) is 1. The van der Waals surface area contributed by atoms with Crippen LogP contribution < -0.4 is 0 Å². The molecule has 0 aliphatic carbocycles. The average molecular weight is 367 g/mol. The zero-order chi connectivity index (χ0) is 19.4. The molecule has 0 saturated heterocycles. The van der Waals surface area contributed by atoms with Crippen LogP contribution in [0.4, 0.5) is 4.39 Å². The summed E-state index contributed by atoms with van der Waals surface area (Å²) < 4.78 is 15.3. The average Bonchev–Trinajstić information content (AvgIpc) is 3.11. The summed E-state index contributed by atoms with van der Waals surface area (Å²) >= 11 is 0. The van der Waals surface area contributed by atoms with Crippen LogP contribution in [0.3, 0.4) is 0 Å². The van der Waals surface area contributed by atoms with Crippen LogP contribution in [-0.4, -0.2) is 25.6 Å². The molecule has 1 N–H and O–H groups in total. The topological polar surface area (TPSA) is 68.0 Å². The first-order valence-electron chi connectivity index (χ1n) is 9.02. The van der Waals surface area contributed by atoms with Crippen molar-refractivity contribution in [2.75, 3.05) is 0 Å². The lowest BCUT2D eigenvalue weighted by Crippen LogP contribution is -2.25. The van der Waals surface area contributed by atoms with E-state index in [-0.39, 0.29) is 11.9 Å². The number of imidazole rings is 1. The maximum absolute atomic E-state index is 13.4. The Hall–Kier alpha value is -3.02. The van der Waals surface area contributed by atoms with Gasteiger partial charge < -0.3 is 9.67 Å². The third-order valence-electron chi connectivity index (χ3n) is 4.86. The quantitative estimate of drug-likeness (QED) is 0.650. The van der Waals surface area contributed by atoms with Gasteiger partial charge in [0.2, 0.25) is 0 Å². The van der Waals surface area contributed by atoms with Crippen molar-refractivity contribution in [3.8, 4) is 22.5 Å². The fourth-order valence-corrected chi connectivity index (χ4v) is 3.51. The number of halogens is 1. The summed E-state index contributed by atoms with van der Waals surface area (Å²) in [5.41, 5.74) is 3.18. The first-order chi connectivity index (χ1) is 13.1. The van der Waals surface area contributed by atoms with Crippen molar-refractivity contribution in [2.24, 2.45) is 5.92 Å². The molecule has 2 heterocycles. The van der Waals surface area contributed by atoms with Crippen LogP contribution in [0.2, 0.25) is 0 Å². The minimum absolute atomic E-state index is 0.239. The lowest BCUT2D eigenvalue weighted by molar-refractivity contribution is -0.143. The second-order valence-electron chi connectivity index (χ2n) is 6.42. The van der Waals surface area contributed by atoms with Crippen molar-refractivity contribution >= 4 is 5.97 Å². The van der Waals surface area contributed by atoms with Crippen molar-refractivity contribution in [1.29, 1.82) is 0 Å². The largest absolute Gasteiger partial charge is 0.481 e. The van der Waals surface area contributed by atoms with Crippen molar-refractivity contribution in [3.63, 3.8) is 0 Å². The molecule has 0 aliphatic heterocycles. The van der Waals surface area contributed by atoms with E-state index in [0.29, 0.717) is 18.5 Å². The summed E-state index contributed by atoms with van der Waals surface area (Å²) in [7, 11) is 0. The number of hydrogen-bond donors (Lipinski definition) is 1. The number of aliphatic carboxylic acids is 1. The van der Waals surface area contributed by atoms with Crippen LogP contribution in [0.25, 0.3) is 22.5 Å². The van der Waals surface area contributed by atoms with Gasteiger partial charge in [-0.05, 0) is 49.2 Å². The van der Waals surface area contributed by atoms with E-state index in [1.165, 1.54) is 12.1 Å². The molecule has 0 bridgehead atoms. The lowest BCUT2D eigenvalue weighted by atomic mass is 9.93. The smallest absolute Gasteiger partial charge is 0.308 e. The fourth-order valence-electron chi connectivity index (χ4n) is 3.51. The molecule has 140 valence electrons. The van der Waals surface area contributed by atoms with Gasteiger partial charge >= 0.3 is 5.97 Å². The van der Waals surface area contributed by atoms with E-state index in [1.54, 1.807) is 30.9 Å². The van der Waals surface area contributed by atoms with Gasteiger partial charge in [-0.3, -0.25) is 9.78 Å². The Bertz CT molecular complexity index is 907. The standard InChI is InChI=1S/C21H22FN3O2/c1-3-17(21(26)27)18(4-2)25-13-24-19(14-5-7-16(22)8-6-14)20(25)15-9-11-23-12-10-15/h5-13,17-18H,3-4H2,1-2H3,(H,26,27). The first-order valence-corrected chi connectivity index (χ1v) is 9.02. The number of carbonyl (C=O) groups is 1. The molecular weight excluding hydrogens is 345 g/mol. The normalized spacial score (nSPS) is 13.3. The Morgan fingerprint density at radius 2 is 1.74 bits per heavy atom. The number of benzene rings is 1. The van der Waals surface area contributed by atoms with Gasteiger partial charge in [-0.25, -0.2) is 9.37 Å². The number of pyridine rings is 1. The molecule has 0 aliphatic rings. The minimum Gasteiger partial charge on any atom is -0.481 e. The molecule has 0 fully saturated rings. The number of nitrogens with zero attached hydrogens (tertiary/aromatic N) is 3. The van der Waals surface area contributed by atoms with E-state index >= 15 is 0 Å². The maximum atomic E-state index is 13.4. The first kappa shape index (κ1) is 18.8. The van der Waals surface area contributed by atoms with Crippen molar-refractivity contribution < 1.29 is 14.3 Å². The third kappa shape index (κ3) is 3.74. The Morgan fingerprint density at radius 3 is 2.30 bits per heavy atom. The molecule has 0 amide bonds. The predicted molar refractivity (Wildman–Crippen MR) is 102 cm³/mol. The van der Waals surface area contributed by atoms with Gasteiger partial charge in [0, 0.05) is 29.6 Å². The lowest BCUT2D eigenvalue weighted by Gasteiger charge is -2.25. The van der Waals surface area contributed by atoms with Crippen LogP contribution in [-0.2, 0) is 4.79 Å². The van der Waals surface area contributed by atoms with Crippen LogP contribution in [0.5, 0.6) is 0 Å². The molecular formula is C21H22FN3O2. The monoisotopic (exact) mass is 367 g/mol. The molecule has 5 nitrogen and oxygen atoms in total. The summed E-state index contributed by atoms with van der Waals surface area (Å²) in [6.07, 6.45) is 6.25. The van der Waals surface area contributed by atoms with Crippen LogP contribution >= 0.6 is 0 Å². The highest BCUT2D eigenvalue weighted by Crippen LogP contribution is 2.36. The van der Waals surface area contributed by atoms with Crippen LogP contribution in [0.1, 0.15) is 32.7 Å². The van der Waals surface area contributed by atoms with E-state index in [9.17, 15) is 14.3 Å². The summed E-state index contributed by atoms with van der Waals surface area (Å²) in [6.45, 7) is 3.86. The summed E-state index contributed by atoms with van der Waals surface area (Å²) in [6, 6.07) is 9.66.